The molecule has 1 aromatic carbocycles. The highest BCUT2D eigenvalue weighted by Crippen LogP contribution is 2.34. The van der Waals surface area contributed by atoms with Crippen molar-refractivity contribution in [2.24, 2.45) is 0 Å². The average Bonchev–Trinajstić information content (AvgIpc) is 2.69. The van der Waals surface area contributed by atoms with Crippen molar-refractivity contribution in [3.8, 4) is 5.69 Å². The summed E-state index contributed by atoms with van der Waals surface area (Å²) in [5.74, 6) is 0. The fourth-order valence-electron chi connectivity index (χ4n) is 3.60. The predicted octanol–water partition coefficient (Wildman–Crippen LogP) is 2.55. The molecule has 6 nitrogen and oxygen atoms in total. The van der Waals surface area contributed by atoms with Crippen molar-refractivity contribution in [1.82, 2.24) is 24.3 Å². The molecule has 4 rings (SSSR count). The molecule has 152 valence electrons. The van der Waals surface area contributed by atoms with Crippen LogP contribution in [0.25, 0.3) is 16.7 Å². The Morgan fingerprint density at radius 3 is 2.55 bits per heavy atom. The van der Waals surface area contributed by atoms with Crippen LogP contribution in [0.2, 0.25) is 0 Å². The summed E-state index contributed by atoms with van der Waals surface area (Å²) in [5.41, 5.74) is -0.170. The number of nitrogens with zero attached hydrogens (tertiary/aromatic N) is 5. The molecule has 0 spiro atoms. The van der Waals surface area contributed by atoms with Gasteiger partial charge in [-0.15, -0.1) is 0 Å². The first-order valence-corrected chi connectivity index (χ1v) is 9.26. The normalized spacial score (nSPS) is 16.4. The molecule has 0 unspecified atom stereocenters. The predicted molar refractivity (Wildman–Crippen MR) is 103 cm³/mol. The largest absolute Gasteiger partial charge is 0.416 e. The molecule has 0 radical (unpaired) electrons. The molecule has 0 amide bonds. The molecular weight excluding hydrogens is 383 g/mol. The molecule has 9 heteroatoms. The smallest absolute Gasteiger partial charge is 0.304 e. The van der Waals surface area contributed by atoms with Crippen LogP contribution in [0.3, 0.4) is 0 Å². The fraction of sp³-hybridized carbons (Fsp3) is 0.350. The summed E-state index contributed by atoms with van der Waals surface area (Å²) in [4.78, 5) is 24.8. The van der Waals surface area contributed by atoms with Gasteiger partial charge in [0.15, 0.2) is 5.65 Å². The third-order valence-corrected chi connectivity index (χ3v) is 5.20. The van der Waals surface area contributed by atoms with E-state index >= 15 is 0 Å². The molecule has 3 heterocycles. The Morgan fingerprint density at radius 1 is 1.07 bits per heavy atom. The summed E-state index contributed by atoms with van der Waals surface area (Å²) >= 11 is 0. The second-order valence-corrected chi connectivity index (χ2v) is 7.23. The molecule has 0 N–H and O–H groups in total. The summed E-state index contributed by atoms with van der Waals surface area (Å²) in [7, 11) is 1.99. The molecular formula is C20H20F3N5O. The van der Waals surface area contributed by atoms with Crippen LogP contribution in [0, 0.1) is 0 Å². The van der Waals surface area contributed by atoms with Crippen LogP contribution in [0.4, 0.5) is 13.2 Å². The van der Waals surface area contributed by atoms with Gasteiger partial charge in [0.05, 0.1) is 11.3 Å². The second-order valence-electron chi connectivity index (χ2n) is 7.23. The van der Waals surface area contributed by atoms with Gasteiger partial charge in [0.1, 0.15) is 6.33 Å². The minimum Gasteiger partial charge on any atom is -0.304 e. The minimum atomic E-state index is -4.47. The molecule has 1 aliphatic rings. The van der Waals surface area contributed by atoms with Crippen LogP contribution in [-0.2, 0) is 12.7 Å². The Bertz CT molecular complexity index is 1090. The lowest BCUT2D eigenvalue weighted by Gasteiger charge is -2.33. The maximum atomic E-state index is 13.6. The zero-order chi connectivity index (χ0) is 20.6. The summed E-state index contributed by atoms with van der Waals surface area (Å²) in [6.45, 7) is 3.17. The van der Waals surface area contributed by atoms with Gasteiger partial charge in [-0.2, -0.15) is 13.2 Å². The van der Waals surface area contributed by atoms with Gasteiger partial charge in [0, 0.05) is 50.4 Å². The molecule has 1 fully saturated rings. The third-order valence-electron chi connectivity index (χ3n) is 5.20. The first-order valence-electron chi connectivity index (χ1n) is 9.26. The zero-order valence-corrected chi connectivity index (χ0v) is 15.9. The van der Waals surface area contributed by atoms with Gasteiger partial charge in [-0.25, -0.2) is 9.97 Å². The van der Waals surface area contributed by atoms with E-state index < -0.39 is 11.7 Å². The number of aromatic nitrogens is 3. The Labute approximate surface area is 165 Å². The van der Waals surface area contributed by atoms with Crippen molar-refractivity contribution >= 4 is 11.0 Å². The monoisotopic (exact) mass is 403 g/mol. The molecule has 29 heavy (non-hydrogen) atoms. The van der Waals surface area contributed by atoms with E-state index in [-0.39, 0.29) is 17.7 Å². The van der Waals surface area contributed by atoms with Crippen LogP contribution in [-0.4, -0.2) is 57.6 Å². The lowest BCUT2D eigenvalue weighted by atomic mass is 10.0. The van der Waals surface area contributed by atoms with Gasteiger partial charge < -0.3 is 4.90 Å². The quantitative estimate of drug-likeness (QED) is 0.673. The number of piperazine rings is 1. The van der Waals surface area contributed by atoms with Crippen molar-refractivity contribution in [3.63, 3.8) is 0 Å². The molecule has 3 aromatic rings. The summed E-state index contributed by atoms with van der Waals surface area (Å²) in [6, 6.07) is 6.78. The van der Waals surface area contributed by atoms with Crippen molar-refractivity contribution in [2.75, 3.05) is 33.2 Å². The topological polar surface area (TPSA) is 54.3 Å². The molecule has 1 saturated heterocycles. The minimum absolute atomic E-state index is 0.150. The van der Waals surface area contributed by atoms with Crippen LogP contribution >= 0.6 is 0 Å². The van der Waals surface area contributed by atoms with Crippen molar-refractivity contribution < 1.29 is 13.2 Å². The van der Waals surface area contributed by atoms with E-state index in [1.54, 1.807) is 12.3 Å². The maximum Gasteiger partial charge on any atom is 0.416 e. The number of likely N-dealkylation sites (N-methyl/N-ethyl adjacent to an activating group) is 1. The van der Waals surface area contributed by atoms with E-state index in [2.05, 4.69) is 14.9 Å². The lowest BCUT2D eigenvalue weighted by molar-refractivity contribution is -0.138. The Hall–Kier alpha value is -2.78. The van der Waals surface area contributed by atoms with Crippen LogP contribution in [0.5, 0.6) is 0 Å². The first kappa shape index (κ1) is 19.5. The Morgan fingerprint density at radius 2 is 1.83 bits per heavy atom. The van der Waals surface area contributed by atoms with Crippen LogP contribution in [0.1, 0.15) is 11.1 Å². The highest BCUT2D eigenvalue weighted by molar-refractivity contribution is 5.75. The van der Waals surface area contributed by atoms with E-state index in [4.69, 9.17) is 0 Å². The summed E-state index contributed by atoms with van der Waals surface area (Å²) in [5, 5.41) is 0.632. The van der Waals surface area contributed by atoms with E-state index in [1.807, 2.05) is 11.9 Å². The van der Waals surface area contributed by atoms with Gasteiger partial charge in [-0.05, 0) is 36.9 Å². The highest BCUT2D eigenvalue weighted by atomic mass is 19.4. The van der Waals surface area contributed by atoms with E-state index in [0.717, 1.165) is 19.2 Å². The molecule has 1 aliphatic heterocycles. The van der Waals surface area contributed by atoms with Crippen LogP contribution in [0.15, 0.2) is 47.7 Å². The lowest BCUT2D eigenvalue weighted by Crippen LogP contribution is -2.44. The number of fused-ring (bicyclic) bond motifs is 1. The summed E-state index contributed by atoms with van der Waals surface area (Å²) in [6.07, 6.45) is -1.59. The SMILES string of the molecule is CN1CCN(Cc2cc(-n3c(=O)ccc4cncnc43)ccc2C(F)(F)F)CC1. The van der Waals surface area contributed by atoms with Gasteiger partial charge in [-0.1, -0.05) is 0 Å². The first-order chi connectivity index (χ1) is 13.8. The number of halogens is 3. The zero-order valence-electron chi connectivity index (χ0n) is 15.9. The molecule has 0 saturated carbocycles. The Balaban J connectivity index is 1.81. The van der Waals surface area contributed by atoms with Crippen molar-refractivity contribution in [3.05, 3.63) is 64.3 Å². The van der Waals surface area contributed by atoms with Crippen LogP contribution < -0.4 is 5.56 Å². The standard InChI is InChI=1S/C20H20F3N5O/c1-26-6-8-27(9-7-26)12-15-10-16(3-4-17(15)20(21,22)23)28-18(29)5-2-14-11-24-13-25-19(14)28/h2-5,10-11,13H,6-9,12H2,1H3. The number of rotatable bonds is 3. The molecule has 0 aliphatic carbocycles. The molecule has 2 aromatic heterocycles. The van der Waals surface area contributed by atoms with E-state index in [1.165, 1.54) is 29.1 Å². The number of alkyl halides is 3. The molecule has 0 bridgehead atoms. The number of hydrogen-bond acceptors (Lipinski definition) is 5. The highest BCUT2D eigenvalue weighted by Gasteiger charge is 2.34. The Kier molecular flexibility index (Phi) is 5.10. The van der Waals surface area contributed by atoms with Gasteiger partial charge in [-0.3, -0.25) is 14.3 Å². The summed E-state index contributed by atoms with van der Waals surface area (Å²) < 4.78 is 42.2. The van der Waals surface area contributed by atoms with Crippen molar-refractivity contribution in [2.45, 2.75) is 12.7 Å². The van der Waals surface area contributed by atoms with Gasteiger partial charge in [0.2, 0.25) is 0 Å². The van der Waals surface area contributed by atoms with E-state index in [0.29, 0.717) is 29.8 Å². The third kappa shape index (κ3) is 4.01. The second kappa shape index (κ2) is 7.57. The van der Waals surface area contributed by atoms with E-state index in [9.17, 15) is 18.0 Å². The average molecular weight is 403 g/mol. The number of hydrogen-bond donors (Lipinski definition) is 0. The molecule has 0 atom stereocenters. The number of benzene rings is 1. The van der Waals surface area contributed by atoms with Crippen molar-refractivity contribution in [1.29, 1.82) is 0 Å². The maximum absolute atomic E-state index is 13.6. The van der Waals surface area contributed by atoms with Gasteiger partial charge in [0.25, 0.3) is 5.56 Å². The number of pyridine rings is 1. The fourth-order valence-corrected chi connectivity index (χ4v) is 3.60. The van der Waals surface area contributed by atoms with Gasteiger partial charge >= 0.3 is 6.18 Å².